The Morgan fingerprint density at radius 2 is 2.25 bits per heavy atom. The van der Waals surface area contributed by atoms with Gasteiger partial charge in [0.2, 0.25) is 0 Å². The number of thiophene rings is 1. The van der Waals surface area contributed by atoms with Crippen LogP contribution in [0.5, 0.6) is 0 Å². The summed E-state index contributed by atoms with van der Waals surface area (Å²) >= 11 is 7.97. The van der Waals surface area contributed by atoms with Crippen LogP contribution in [0.2, 0.25) is 5.02 Å². The molecule has 104 valence electrons. The number of aryl methyl sites for hydroxylation is 1. The van der Waals surface area contributed by atoms with Crippen LogP contribution < -0.4 is 5.32 Å². The highest BCUT2D eigenvalue weighted by Crippen LogP contribution is 2.37. The fourth-order valence-corrected chi connectivity index (χ4v) is 3.81. The third-order valence-electron chi connectivity index (χ3n) is 3.60. The molecule has 0 fully saturated rings. The predicted octanol–water partition coefficient (Wildman–Crippen LogP) is 4.59. The highest BCUT2D eigenvalue weighted by atomic mass is 35.5. The lowest BCUT2D eigenvalue weighted by Gasteiger charge is -2.25. The van der Waals surface area contributed by atoms with Gasteiger partial charge in [-0.05, 0) is 54.5 Å². The second kappa shape index (κ2) is 5.46. The van der Waals surface area contributed by atoms with E-state index in [1.165, 1.54) is 16.5 Å². The smallest absolute Gasteiger partial charge is 0.335 e. The van der Waals surface area contributed by atoms with Gasteiger partial charge in [-0.2, -0.15) is 0 Å². The maximum Gasteiger partial charge on any atom is 0.335 e. The molecule has 0 spiro atoms. The minimum absolute atomic E-state index is 0.209. The number of hydrogen-bond donors (Lipinski definition) is 2. The van der Waals surface area contributed by atoms with E-state index in [-0.39, 0.29) is 11.6 Å². The first-order valence-corrected chi connectivity index (χ1v) is 7.76. The summed E-state index contributed by atoms with van der Waals surface area (Å²) in [6, 6.07) is 7.23. The molecule has 3 nitrogen and oxygen atoms in total. The average molecular weight is 308 g/mol. The number of benzene rings is 1. The third-order valence-corrected chi connectivity index (χ3v) is 4.91. The summed E-state index contributed by atoms with van der Waals surface area (Å²) in [5, 5.41) is 15.0. The minimum atomic E-state index is -0.962. The average Bonchev–Trinajstić information content (AvgIpc) is 2.90. The molecule has 1 aromatic carbocycles. The lowest BCUT2D eigenvalue weighted by Crippen LogP contribution is -2.16. The van der Waals surface area contributed by atoms with E-state index in [0.29, 0.717) is 5.02 Å². The number of nitrogens with one attached hydrogen (secondary N) is 1. The quantitative estimate of drug-likeness (QED) is 0.872. The molecule has 0 radical (unpaired) electrons. The standard InChI is InChI=1S/C15H14ClNO2S/c16-11-8-9(15(18)19)4-5-13(11)17-12-2-1-3-14-10(12)6-7-20-14/h4-8,12,17H,1-3H2,(H,18,19). The van der Waals surface area contributed by atoms with Gasteiger partial charge in [0.15, 0.2) is 0 Å². The number of hydrogen-bond acceptors (Lipinski definition) is 3. The molecule has 1 atom stereocenters. The molecule has 1 aliphatic rings. The number of carbonyl (C=O) groups is 1. The van der Waals surface area contributed by atoms with Crippen LogP contribution in [0, 0.1) is 0 Å². The molecule has 0 amide bonds. The molecule has 0 aliphatic heterocycles. The van der Waals surface area contributed by atoms with E-state index in [0.717, 1.165) is 24.9 Å². The van der Waals surface area contributed by atoms with Crippen molar-refractivity contribution in [1.29, 1.82) is 0 Å². The van der Waals surface area contributed by atoms with Gasteiger partial charge < -0.3 is 10.4 Å². The Labute approximate surface area is 126 Å². The van der Waals surface area contributed by atoms with E-state index < -0.39 is 5.97 Å². The summed E-state index contributed by atoms with van der Waals surface area (Å²) in [6.07, 6.45) is 3.38. The molecule has 2 N–H and O–H groups in total. The Morgan fingerprint density at radius 3 is 3.00 bits per heavy atom. The molecule has 3 rings (SSSR count). The first-order chi connectivity index (χ1) is 9.65. The number of anilines is 1. The Kier molecular flexibility index (Phi) is 3.68. The van der Waals surface area contributed by atoms with Gasteiger partial charge in [-0.1, -0.05) is 11.6 Å². The number of carboxylic acid groups (broad SMARTS) is 1. The maximum atomic E-state index is 10.9. The zero-order valence-corrected chi connectivity index (χ0v) is 12.3. The molecular formula is C15H14ClNO2S. The van der Waals surface area contributed by atoms with Gasteiger partial charge >= 0.3 is 5.97 Å². The van der Waals surface area contributed by atoms with Crippen molar-refractivity contribution < 1.29 is 9.90 Å². The zero-order valence-electron chi connectivity index (χ0n) is 10.7. The zero-order chi connectivity index (χ0) is 14.1. The molecule has 1 aliphatic carbocycles. The van der Waals surface area contributed by atoms with E-state index in [2.05, 4.69) is 16.8 Å². The molecular weight excluding hydrogens is 294 g/mol. The minimum Gasteiger partial charge on any atom is -0.478 e. The summed E-state index contributed by atoms with van der Waals surface area (Å²) in [5.74, 6) is -0.962. The van der Waals surface area contributed by atoms with Crippen LogP contribution in [-0.2, 0) is 6.42 Å². The van der Waals surface area contributed by atoms with Crippen molar-refractivity contribution >= 4 is 34.6 Å². The van der Waals surface area contributed by atoms with Gasteiger partial charge in [-0.25, -0.2) is 4.79 Å². The van der Waals surface area contributed by atoms with Crippen LogP contribution in [0.3, 0.4) is 0 Å². The van der Waals surface area contributed by atoms with Crippen molar-refractivity contribution in [3.63, 3.8) is 0 Å². The Balaban J connectivity index is 1.84. The van der Waals surface area contributed by atoms with Crippen molar-refractivity contribution in [2.45, 2.75) is 25.3 Å². The van der Waals surface area contributed by atoms with Gasteiger partial charge in [0.05, 0.1) is 22.3 Å². The summed E-state index contributed by atoms with van der Waals surface area (Å²) < 4.78 is 0. The van der Waals surface area contributed by atoms with Crippen LogP contribution in [0.1, 0.15) is 39.7 Å². The number of rotatable bonds is 3. The van der Waals surface area contributed by atoms with E-state index in [4.69, 9.17) is 16.7 Å². The SMILES string of the molecule is O=C(O)c1ccc(NC2CCCc3sccc32)c(Cl)c1. The Bertz CT molecular complexity index is 653. The van der Waals surface area contributed by atoms with Gasteiger partial charge in [-0.3, -0.25) is 0 Å². The van der Waals surface area contributed by atoms with Gasteiger partial charge in [0.25, 0.3) is 0 Å². The Hall–Kier alpha value is -1.52. The van der Waals surface area contributed by atoms with Gasteiger partial charge in [-0.15, -0.1) is 11.3 Å². The van der Waals surface area contributed by atoms with Crippen LogP contribution in [-0.4, -0.2) is 11.1 Å². The first kappa shape index (κ1) is 13.5. The summed E-state index contributed by atoms with van der Waals surface area (Å²) in [6.45, 7) is 0. The fraction of sp³-hybridized carbons (Fsp3) is 0.267. The highest BCUT2D eigenvalue weighted by Gasteiger charge is 2.21. The molecule has 0 saturated heterocycles. The van der Waals surface area contributed by atoms with E-state index in [1.54, 1.807) is 23.5 Å². The van der Waals surface area contributed by atoms with Crippen molar-refractivity contribution in [1.82, 2.24) is 0 Å². The summed E-state index contributed by atoms with van der Waals surface area (Å²) in [7, 11) is 0. The Morgan fingerprint density at radius 1 is 1.40 bits per heavy atom. The molecule has 20 heavy (non-hydrogen) atoms. The van der Waals surface area contributed by atoms with Crippen LogP contribution in [0.25, 0.3) is 0 Å². The van der Waals surface area contributed by atoms with Crippen molar-refractivity contribution in [3.8, 4) is 0 Å². The monoisotopic (exact) mass is 307 g/mol. The normalized spacial score (nSPS) is 17.6. The molecule has 5 heteroatoms. The first-order valence-electron chi connectivity index (χ1n) is 6.51. The molecule has 0 bridgehead atoms. The molecule has 1 unspecified atom stereocenters. The third kappa shape index (κ3) is 2.53. The largest absolute Gasteiger partial charge is 0.478 e. The lowest BCUT2D eigenvalue weighted by atomic mass is 9.94. The van der Waals surface area contributed by atoms with Gasteiger partial charge in [0, 0.05) is 4.88 Å². The molecule has 0 saturated carbocycles. The van der Waals surface area contributed by atoms with E-state index >= 15 is 0 Å². The van der Waals surface area contributed by atoms with Crippen LogP contribution >= 0.6 is 22.9 Å². The second-order valence-corrected chi connectivity index (χ2v) is 6.30. The number of fused-ring (bicyclic) bond motifs is 1. The van der Waals surface area contributed by atoms with Crippen LogP contribution in [0.15, 0.2) is 29.6 Å². The van der Waals surface area contributed by atoms with Crippen molar-refractivity contribution in [2.75, 3.05) is 5.32 Å². The fourth-order valence-electron chi connectivity index (χ4n) is 2.59. The van der Waals surface area contributed by atoms with Gasteiger partial charge in [0.1, 0.15) is 0 Å². The lowest BCUT2D eigenvalue weighted by molar-refractivity contribution is 0.0697. The number of carboxylic acids is 1. The summed E-state index contributed by atoms with van der Waals surface area (Å²) in [4.78, 5) is 12.3. The molecule has 1 aromatic heterocycles. The highest BCUT2D eigenvalue weighted by molar-refractivity contribution is 7.10. The van der Waals surface area contributed by atoms with Crippen LogP contribution in [0.4, 0.5) is 5.69 Å². The second-order valence-electron chi connectivity index (χ2n) is 4.89. The number of aromatic carboxylic acids is 1. The van der Waals surface area contributed by atoms with E-state index in [9.17, 15) is 4.79 Å². The predicted molar refractivity (Wildman–Crippen MR) is 82.0 cm³/mol. The topological polar surface area (TPSA) is 49.3 Å². The van der Waals surface area contributed by atoms with Crippen molar-refractivity contribution in [3.05, 3.63) is 50.7 Å². The molecule has 2 aromatic rings. The number of halogens is 1. The molecule has 1 heterocycles. The van der Waals surface area contributed by atoms with E-state index in [1.807, 2.05) is 0 Å². The maximum absolute atomic E-state index is 10.9. The van der Waals surface area contributed by atoms with Crippen molar-refractivity contribution in [2.24, 2.45) is 0 Å². The summed E-state index contributed by atoms with van der Waals surface area (Å²) in [5.41, 5.74) is 2.35.